The van der Waals surface area contributed by atoms with E-state index in [1.165, 1.54) is 6.07 Å². The van der Waals surface area contributed by atoms with E-state index in [2.05, 4.69) is 9.97 Å². The molecule has 2 aromatic carbocycles. The average Bonchev–Trinajstić information content (AvgIpc) is 2.43. The molecule has 2 nitrogen and oxygen atoms in total. The third-order valence-electron chi connectivity index (χ3n) is 3.10. The number of nitrogens with zero attached hydrogens (tertiary/aromatic N) is 2. The Bertz CT molecular complexity index is 866. The molecule has 0 N–H and O–H groups in total. The highest BCUT2D eigenvalue weighted by Crippen LogP contribution is 2.29. The van der Waals surface area contributed by atoms with Crippen molar-refractivity contribution in [1.82, 2.24) is 9.97 Å². The molecule has 1 aromatic heterocycles. The van der Waals surface area contributed by atoms with Gasteiger partial charge < -0.3 is 0 Å². The summed E-state index contributed by atoms with van der Waals surface area (Å²) in [6.45, 7) is 1.54. The molecular weight excluding hydrogens is 317 g/mol. The van der Waals surface area contributed by atoms with Crippen LogP contribution < -0.4 is 0 Å². The lowest BCUT2D eigenvalue weighted by molar-refractivity contribution is 0.579. The Labute approximate surface area is 129 Å². The smallest absolute Gasteiger partial charge is 0.164 e. The van der Waals surface area contributed by atoms with Gasteiger partial charge in [-0.05, 0) is 36.8 Å². The van der Waals surface area contributed by atoms with Gasteiger partial charge in [-0.2, -0.15) is 0 Å². The SMILES string of the molecule is Cc1cc(-c2nc(Cl)c3cc(Cl)ccc3n2)c(F)cc1F. The first-order chi connectivity index (χ1) is 9.95. The van der Waals surface area contributed by atoms with Gasteiger partial charge in [-0.1, -0.05) is 23.2 Å². The summed E-state index contributed by atoms with van der Waals surface area (Å²) in [6, 6.07) is 7.13. The van der Waals surface area contributed by atoms with Crippen molar-refractivity contribution in [2.75, 3.05) is 0 Å². The largest absolute Gasteiger partial charge is 0.228 e. The molecule has 3 aromatic rings. The average molecular weight is 325 g/mol. The summed E-state index contributed by atoms with van der Waals surface area (Å²) in [5, 5.41) is 1.25. The van der Waals surface area contributed by atoms with Crippen molar-refractivity contribution < 1.29 is 8.78 Å². The van der Waals surface area contributed by atoms with E-state index in [0.29, 0.717) is 21.5 Å². The molecule has 21 heavy (non-hydrogen) atoms. The van der Waals surface area contributed by atoms with E-state index in [9.17, 15) is 8.78 Å². The second-order valence-corrected chi connectivity index (χ2v) is 5.38. The van der Waals surface area contributed by atoms with Gasteiger partial charge in [-0.15, -0.1) is 0 Å². The lowest BCUT2D eigenvalue weighted by Crippen LogP contribution is -1.96. The van der Waals surface area contributed by atoms with Gasteiger partial charge >= 0.3 is 0 Å². The van der Waals surface area contributed by atoms with E-state index in [0.717, 1.165) is 6.07 Å². The maximum absolute atomic E-state index is 13.9. The van der Waals surface area contributed by atoms with Gasteiger partial charge in [0.25, 0.3) is 0 Å². The standard InChI is InChI=1S/C15H8Cl2F2N2/c1-7-4-9(12(19)6-11(7)18)15-20-13-3-2-8(16)5-10(13)14(17)21-15/h2-6H,1H3. The molecule has 0 aliphatic heterocycles. The number of aromatic nitrogens is 2. The molecule has 6 heteroatoms. The Hall–Kier alpha value is -1.78. The third-order valence-corrected chi connectivity index (χ3v) is 3.62. The van der Waals surface area contributed by atoms with Crippen molar-refractivity contribution in [1.29, 1.82) is 0 Å². The minimum absolute atomic E-state index is 0.104. The van der Waals surface area contributed by atoms with E-state index in [1.807, 2.05) is 0 Å². The van der Waals surface area contributed by atoms with Crippen LogP contribution in [-0.2, 0) is 0 Å². The summed E-state index contributed by atoms with van der Waals surface area (Å²) in [5.41, 5.74) is 0.950. The van der Waals surface area contributed by atoms with Gasteiger partial charge in [0.1, 0.15) is 16.8 Å². The van der Waals surface area contributed by atoms with Gasteiger partial charge in [0, 0.05) is 16.5 Å². The first-order valence-corrected chi connectivity index (χ1v) is 6.80. The number of hydrogen-bond acceptors (Lipinski definition) is 2. The van der Waals surface area contributed by atoms with Crippen LogP contribution in [0.1, 0.15) is 5.56 Å². The van der Waals surface area contributed by atoms with E-state index in [1.54, 1.807) is 25.1 Å². The summed E-state index contributed by atoms with van der Waals surface area (Å²) in [4.78, 5) is 8.34. The van der Waals surface area contributed by atoms with Crippen LogP contribution in [0.4, 0.5) is 8.78 Å². The van der Waals surface area contributed by atoms with E-state index in [4.69, 9.17) is 23.2 Å². The van der Waals surface area contributed by atoms with Crippen LogP contribution in [0.15, 0.2) is 30.3 Å². The number of benzene rings is 2. The number of fused-ring (bicyclic) bond motifs is 1. The molecule has 3 rings (SSSR count). The number of hydrogen-bond donors (Lipinski definition) is 0. The highest BCUT2D eigenvalue weighted by Gasteiger charge is 2.14. The van der Waals surface area contributed by atoms with Crippen LogP contribution in [0.25, 0.3) is 22.3 Å². The molecule has 0 atom stereocenters. The van der Waals surface area contributed by atoms with Gasteiger partial charge in [0.2, 0.25) is 0 Å². The molecule has 0 aliphatic carbocycles. The first kappa shape index (κ1) is 14.2. The Morgan fingerprint density at radius 1 is 0.952 bits per heavy atom. The van der Waals surface area contributed by atoms with Gasteiger partial charge in [-0.3, -0.25) is 0 Å². The maximum atomic E-state index is 13.9. The lowest BCUT2D eigenvalue weighted by atomic mass is 10.1. The summed E-state index contributed by atoms with van der Waals surface area (Å²) in [5.74, 6) is -1.24. The molecule has 106 valence electrons. The first-order valence-electron chi connectivity index (χ1n) is 6.04. The predicted octanol–water partition coefficient (Wildman–Crippen LogP) is 5.19. The van der Waals surface area contributed by atoms with E-state index >= 15 is 0 Å². The normalized spacial score (nSPS) is 11.1. The molecule has 0 radical (unpaired) electrons. The van der Waals surface area contributed by atoms with Crippen LogP contribution in [0.5, 0.6) is 0 Å². The third kappa shape index (κ3) is 2.57. The summed E-state index contributed by atoms with van der Waals surface area (Å²) in [7, 11) is 0. The van der Waals surface area contributed by atoms with Gasteiger partial charge in [-0.25, -0.2) is 18.7 Å². The maximum Gasteiger partial charge on any atom is 0.164 e. The fourth-order valence-corrected chi connectivity index (χ4v) is 2.42. The zero-order chi connectivity index (χ0) is 15.1. The minimum atomic E-state index is -0.734. The fraction of sp³-hybridized carbons (Fsp3) is 0.0667. The summed E-state index contributed by atoms with van der Waals surface area (Å²) >= 11 is 12.0. The molecule has 0 bridgehead atoms. The van der Waals surface area contributed by atoms with Gasteiger partial charge in [0.05, 0.1) is 11.1 Å². The van der Waals surface area contributed by atoms with Crippen LogP contribution in [0.3, 0.4) is 0 Å². The summed E-state index contributed by atoms with van der Waals surface area (Å²) < 4.78 is 27.3. The van der Waals surface area contributed by atoms with Crippen molar-refractivity contribution in [3.63, 3.8) is 0 Å². The molecule has 0 spiro atoms. The topological polar surface area (TPSA) is 25.8 Å². The van der Waals surface area contributed by atoms with Crippen molar-refractivity contribution in [3.05, 3.63) is 57.7 Å². The van der Waals surface area contributed by atoms with Crippen LogP contribution >= 0.6 is 23.2 Å². The van der Waals surface area contributed by atoms with Crippen molar-refractivity contribution in [2.45, 2.75) is 6.92 Å². The number of aryl methyl sites for hydroxylation is 1. The Morgan fingerprint density at radius 2 is 1.71 bits per heavy atom. The van der Waals surface area contributed by atoms with Crippen LogP contribution in [0, 0.1) is 18.6 Å². The highest BCUT2D eigenvalue weighted by molar-refractivity contribution is 6.35. The zero-order valence-corrected chi connectivity index (χ0v) is 12.3. The number of halogens is 4. The quantitative estimate of drug-likeness (QED) is 0.575. The predicted molar refractivity (Wildman–Crippen MR) is 79.6 cm³/mol. The lowest BCUT2D eigenvalue weighted by Gasteiger charge is -2.07. The van der Waals surface area contributed by atoms with Crippen molar-refractivity contribution in [2.24, 2.45) is 0 Å². The Kier molecular flexibility index (Phi) is 3.51. The second-order valence-electron chi connectivity index (χ2n) is 4.58. The number of rotatable bonds is 1. The van der Waals surface area contributed by atoms with Gasteiger partial charge in [0.15, 0.2) is 5.82 Å². The second kappa shape index (κ2) is 5.20. The highest BCUT2D eigenvalue weighted by atomic mass is 35.5. The molecule has 0 aliphatic rings. The van der Waals surface area contributed by atoms with E-state index < -0.39 is 11.6 Å². The molecule has 1 heterocycles. The van der Waals surface area contributed by atoms with Crippen LogP contribution in [-0.4, -0.2) is 9.97 Å². The molecule has 0 unspecified atom stereocenters. The molecule has 0 saturated heterocycles. The summed E-state index contributed by atoms with van der Waals surface area (Å²) in [6.07, 6.45) is 0. The Morgan fingerprint density at radius 3 is 2.48 bits per heavy atom. The van der Waals surface area contributed by atoms with E-state index in [-0.39, 0.29) is 16.5 Å². The van der Waals surface area contributed by atoms with Crippen molar-refractivity contribution in [3.8, 4) is 11.4 Å². The van der Waals surface area contributed by atoms with Crippen molar-refractivity contribution >= 4 is 34.1 Å². The zero-order valence-electron chi connectivity index (χ0n) is 10.8. The molecule has 0 amide bonds. The monoisotopic (exact) mass is 324 g/mol. The van der Waals surface area contributed by atoms with Crippen LogP contribution in [0.2, 0.25) is 10.2 Å². The molecule has 0 saturated carbocycles. The minimum Gasteiger partial charge on any atom is -0.228 e. The Balaban J connectivity index is 2.26. The fourth-order valence-electron chi connectivity index (χ4n) is 2.01. The molecule has 0 fully saturated rings. The molecular formula is C15H8Cl2F2N2.